The van der Waals surface area contributed by atoms with Crippen LogP contribution in [0, 0.1) is 0 Å². The maximum atomic E-state index is 12.1. The molecule has 2 rings (SSSR count). The number of carbonyl (C=O) groups is 1. The molecule has 0 atom stereocenters. The van der Waals surface area contributed by atoms with E-state index < -0.39 is 0 Å². The predicted molar refractivity (Wildman–Crippen MR) is 96.6 cm³/mol. The Kier molecular flexibility index (Phi) is 6.81. The molecule has 0 fully saturated rings. The zero-order chi connectivity index (χ0) is 16.7. The first kappa shape index (κ1) is 17.7. The van der Waals surface area contributed by atoms with E-state index in [0.29, 0.717) is 12.1 Å². The lowest BCUT2D eigenvalue weighted by molar-refractivity contribution is 0.0953. The van der Waals surface area contributed by atoms with Gasteiger partial charge in [-0.15, -0.1) is 11.8 Å². The normalized spacial score (nSPS) is 10.4. The van der Waals surface area contributed by atoms with E-state index in [9.17, 15) is 4.79 Å². The van der Waals surface area contributed by atoms with Gasteiger partial charge in [-0.2, -0.15) is 0 Å². The lowest BCUT2D eigenvalue weighted by Gasteiger charge is -2.11. The van der Waals surface area contributed by atoms with Crippen LogP contribution < -0.4 is 10.1 Å². The van der Waals surface area contributed by atoms with E-state index in [1.165, 1.54) is 0 Å². The fourth-order valence-corrected chi connectivity index (χ4v) is 3.07. The van der Waals surface area contributed by atoms with Crippen molar-refractivity contribution in [2.45, 2.75) is 24.0 Å². The molecule has 0 aliphatic rings. The number of rotatable bonds is 7. The molecule has 0 saturated heterocycles. The van der Waals surface area contributed by atoms with Crippen LogP contribution in [0.1, 0.15) is 29.3 Å². The molecule has 0 unspecified atom stereocenters. The Hall–Kier alpha value is -1.65. The Labute approximate surface area is 146 Å². The van der Waals surface area contributed by atoms with Crippen molar-refractivity contribution >= 4 is 29.3 Å². The molecule has 0 aliphatic heterocycles. The van der Waals surface area contributed by atoms with Gasteiger partial charge < -0.3 is 10.1 Å². The maximum absolute atomic E-state index is 12.1. The number of nitrogens with one attached hydrogen (secondary N) is 1. The largest absolute Gasteiger partial charge is 0.496 e. The van der Waals surface area contributed by atoms with E-state index in [1.54, 1.807) is 24.9 Å². The van der Waals surface area contributed by atoms with E-state index in [4.69, 9.17) is 16.3 Å². The maximum Gasteiger partial charge on any atom is 0.251 e. The van der Waals surface area contributed by atoms with Crippen molar-refractivity contribution in [2.24, 2.45) is 0 Å². The Morgan fingerprint density at radius 1 is 1.22 bits per heavy atom. The van der Waals surface area contributed by atoms with Crippen LogP contribution in [-0.4, -0.2) is 19.6 Å². The highest BCUT2D eigenvalue weighted by atomic mass is 35.5. The third-order valence-corrected chi connectivity index (χ3v) is 4.60. The van der Waals surface area contributed by atoms with Gasteiger partial charge in [-0.1, -0.05) is 18.5 Å². The molecule has 0 spiro atoms. The minimum absolute atomic E-state index is 0.0488. The standard InChI is InChI=1S/C18H20ClNO2S/c1-3-10-20-18(21)13-4-9-17(22-2)14(11-13)12-23-16-7-5-15(19)6-8-16/h4-9,11H,3,10,12H2,1-2H3,(H,20,21). The van der Waals surface area contributed by atoms with Gasteiger partial charge in [-0.3, -0.25) is 4.79 Å². The van der Waals surface area contributed by atoms with Crippen molar-refractivity contribution in [3.8, 4) is 5.75 Å². The van der Waals surface area contributed by atoms with Gasteiger partial charge in [0.1, 0.15) is 5.75 Å². The smallest absolute Gasteiger partial charge is 0.251 e. The summed E-state index contributed by atoms with van der Waals surface area (Å²) >= 11 is 7.58. The minimum Gasteiger partial charge on any atom is -0.496 e. The Bertz CT molecular complexity index is 659. The minimum atomic E-state index is -0.0488. The molecule has 5 heteroatoms. The third kappa shape index (κ3) is 5.19. The van der Waals surface area contributed by atoms with E-state index in [-0.39, 0.29) is 5.91 Å². The molecule has 0 radical (unpaired) electrons. The molecule has 0 bridgehead atoms. The number of benzene rings is 2. The fourth-order valence-electron chi connectivity index (χ4n) is 2.07. The number of carbonyl (C=O) groups excluding carboxylic acids is 1. The number of amides is 1. The highest BCUT2D eigenvalue weighted by Crippen LogP contribution is 2.29. The van der Waals surface area contributed by atoms with Crippen LogP contribution in [0.5, 0.6) is 5.75 Å². The summed E-state index contributed by atoms with van der Waals surface area (Å²) in [6.45, 7) is 2.71. The highest BCUT2D eigenvalue weighted by molar-refractivity contribution is 7.98. The molecule has 23 heavy (non-hydrogen) atoms. The summed E-state index contributed by atoms with van der Waals surface area (Å²) in [6.07, 6.45) is 0.918. The van der Waals surface area contributed by atoms with Crippen molar-refractivity contribution in [1.29, 1.82) is 0 Å². The van der Waals surface area contributed by atoms with Crippen LogP contribution >= 0.6 is 23.4 Å². The Morgan fingerprint density at radius 3 is 2.61 bits per heavy atom. The summed E-state index contributed by atoms with van der Waals surface area (Å²) in [6, 6.07) is 13.2. The third-order valence-electron chi connectivity index (χ3n) is 3.29. The monoisotopic (exact) mass is 349 g/mol. The van der Waals surface area contributed by atoms with Crippen LogP contribution in [0.15, 0.2) is 47.4 Å². The van der Waals surface area contributed by atoms with E-state index >= 15 is 0 Å². The van der Waals surface area contributed by atoms with Gasteiger partial charge in [-0.25, -0.2) is 0 Å². The second-order valence-corrected chi connectivity index (χ2v) is 6.51. The van der Waals surface area contributed by atoms with Crippen LogP contribution in [0.3, 0.4) is 0 Å². The van der Waals surface area contributed by atoms with Crippen LogP contribution in [0.25, 0.3) is 0 Å². The number of halogens is 1. The number of methoxy groups -OCH3 is 1. The molecule has 2 aromatic rings. The number of hydrogen-bond acceptors (Lipinski definition) is 3. The van der Waals surface area contributed by atoms with Crippen LogP contribution in [-0.2, 0) is 5.75 Å². The average Bonchev–Trinajstić information content (AvgIpc) is 2.58. The van der Waals surface area contributed by atoms with Crippen LogP contribution in [0.4, 0.5) is 0 Å². The lowest BCUT2D eigenvalue weighted by Crippen LogP contribution is -2.24. The number of thioether (sulfide) groups is 1. The van der Waals surface area contributed by atoms with Gasteiger partial charge in [0.2, 0.25) is 0 Å². The molecule has 3 nitrogen and oxygen atoms in total. The molecule has 0 aliphatic carbocycles. The topological polar surface area (TPSA) is 38.3 Å². The highest BCUT2D eigenvalue weighted by Gasteiger charge is 2.10. The van der Waals surface area contributed by atoms with Gasteiger partial charge in [0, 0.05) is 33.3 Å². The second kappa shape index (κ2) is 8.85. The summed E-state index contributed by atoms with van der Waals surface area (Å²) in [5, 5.41) is 3.62. The number of hydrogen-bond donors (Lipinski definition) is 1. The predicted octanol–water partition coefficient (Wildman–Crippen LogP) is 4.78. The van der Waals surface area contributed by atoms with Crippen LogP contribution in [0.2, 0.25) is 5.02 Å². The summed E-state index contributed by atoms with van der Waals surface area (Å²) in [7, 11) is 1.64. The van der Waals surface area contributed by atoms with Crippen molar-refractivity contribution in [3.05, 3.63) is 58.6 Å². The zero-order valence-electron chi connectivity index (χ0n) is 13.3. The van der Waals surface area contributed by atoms with Crippen molar-refractivity contribution in [3.63, 3.8) is 0 Å². The molecule has 122 valence electrons. The quantitative estimate of drug-likeness (QED) is 0.731. The molecule has 2 aromatic carbocycles. The van der Waals surface area contributed by atoms with Crippen molar-refractivity contribution < 1.29 is 9.53 Å². The van der Waals surface area contributed by atoms with Gasteiger partial charge in [0.05, 0.1) is 7.11 Å². The van der Waals surface area contributed by atoms with Crippen molar-refractivity contribution in [1.82, 2.24) is 5.32 Å². The van der Waals surface area contributed by atoms with Gasteiger partial charge in [0.15, 0.2) is 0 Å². The van der Waals surface area contributed by atoms with E-state index in [1.807, 2.05) is 43.3 Å². The van der Waals surface area contributed by atoms with Gasteiger partial charge in [-0.05, 0) is 48.9 Å². The molecular formula is C18H20ClNO2S. The van der Waals surface area contributed by atoms with Gasteiger partial charge in [0.25, 0.3) is 5.91 Å². The SMILES string of the molecule is CCCNC(=O)c1ccc(OC)c(CSc2ccc(Cl)cc2)c1. The lowest BCUT2D eigenvalue weighted by atomic mass is 10.1. The zero-order valence-corrected chi connectivity index (χ0v) is 14.8. The van der Waals surface area contributed by atoms with E-state index in [2.05, 4.69) is 5.32 Å². The summed E-state index contributed by atoms with van der Waals surface area (Å²) in [5.41, 5.74) is 1.66. The second-order valence-electron chi connectivity index (χ2n) is 5.03. The first-order valence-corrected chi connectivity index (χ1v) is 8.84. The van der Waals surface area contributed by atoms with E-state index in [0.717, 1.165) is 33.4 Å². The Balaban J connectivity index is 2.12. The fraction of sp³-hybridized carbons (Fsp3) is 0.278. The molecule has 0 heterocycles. The molecule has 1 N–H and O–H groups in total. The van der Waals surface area contributed by atoms with Gasteiger partial charge >= 0.3 is 0 Å². The first-order chi connectivity index (χ1) is 11.1. The summed E-state index contributed by atoms with van der Waals surface area (Å²) in [4.78, 5) is 13.2. The molecule has 1 amide bonds. The molecule has 0 saturated carbocycles. The summed E-state index contributed by atoms with van der Waals surface area (Å²) < 4.78 is 5.40. The molecular weight excluding hydrogens is 330 g/mol. The Morgan fingerprint density at radius 2 is 1.96 bits per heavy atom. The average molecular weight is 350 g/mol. The van der Waals surface area contributed by atoms with Crippen molar-refractivity contribution in [2.75, 3.05) is 13.7 Å². The molecule has 0 aromatic heterocycles. The summed E-state index contributed by atoms with van der Waals surface area (Å²) in [5.74, 6) is 1.46. The number of ether oxygens (including phenoxy) is 1. The first-order valence-electron chi connectivity index (χ1n) is 7.47.